The lowest BCUT2D eigenvalue weighted by atomic mass is 10.2. The second-order valence-corrected chi connectivity index (χ2v) is 6.27. The average molecular weight is 311 g/mol. The second-order valence-electron chi connectivity index (χ2n) is 5.29. The molecule has 3 heterocycles. The Kier molecular flexibility index (Phi) is 4.57. The normalized spacial score (nSPS) is 22.5. The summed E-state index contributed by atoms with van der Waals surface area (Å²) in [6.07, 6.45) is 2.21. The van der Waals surface area contributed by atoms with Crippen LogP contribution < -0.4 is 21.3 Å². The van der Waals surface area contributed by atoms with Crippen molar-refractivity contribution < 1.29 is 9.53 Å². The monoisotopic (exact) mass is 311 g/mol. The topological polar surface area (TPSA) is 92.5 Å². The summed E-state index contributed by atoms with van der Waals surface area (Å²) in [7, 11) is 0. The number of nitrogens with two attached hydrogens (primary N) is 1. The third-order valence-electron chi connectivity index (χ3n) is 3.75. The van der Waals surface area contributed by atoms with E-state index in [0.717, 1.165) is 50.8 Å². The molecule has 8 heteroatoms. The van der Waals surface area contributed by atoms with Crippen molar-refractivity contribution in [2.75, 3.05) is 50.0 Å². The van der Waals surface area contributed by atoms with Gasteiger partial charge in [0.15, 0.2) is 5.13 Å². The first-order chi connectivity index (χ1) is 10.2. The Hall–Kier alpha value is -1.38. The van der Waals surface area contributed by atoms with Gasteiger partial charge >= 0.3 is 0 Å². The van der Waals surface area contributed by atoms with Gasteiger partial charge in [0.1, 0.15) is 10.7 Å². The number of hydrogen-bond acceptors (Lipinski definition) is 7. The van der Waals surface area contributed by atoms with Gasteiger partial charge in [0.05, 0.1) is 6.10 Å². The third kappa shape index (κ3) is 3.45. The summed E-state index contributed by atoms with van der Waals surface area (Å²) in [4.78, 5) is 19.2. The van der Waals surface area contributed by atoms with Crippen molar-refractivity contribution in [2.45, 2.75) is 18.9 Å². The number of carbonyl (C=O) groups excluding carboxylic acids is 1. The summed E-state index contributed by atoms with van der Waals surface area (Å²) in [5.74, 6) is 0.167. The van der Waals surface area contributed by atoms with Gasteiger partial charge in [0.2, 0.25) is 0 Å². The Labute approximate surface area is 127 Å². The molecule has 1 aromatic rings. The molecule has 21 heavy (non-hydrogen) atoms. The summed E-state index contributed by atoms with van der Waals surface area (Å²) in [6, 6.07) is 0. The molecule has 2 aliphatic heterocycles. The van der Waals surface area contributed by atoms with E-state index in [1.165, 1.54) is 11.3 Å². The second kappa shape index (κ2) is 6.59. The number of nitrogen functional groups attached to an aromatic ring is 1. The van der Waals surface area contributed by atoms with Crippen LogP contribution in [0, 0.1) is 0 Å². The molecule has 1 aromatic heterocycles. The molecule has 0 aromatic carbocycles. The van der Waals surface area contributed by atoms with Gasteiger partial charge in [-0.1, -0.05) is 11.3 Å². The minimum absolute atomic E-state index is 0.135. The van der Waals surface area contributed by atoms with Gasteiger partial charge in [-0.2, -0.15) is 0 Å². The first kappa shape index (κ1) is 14.6. The molecule has 1 unspecified atom stereocenters. The first-order valence-electron chi connectivity index (χ1n) is 7.36. The molecule has 4 N–H and O–H groups in total. The maximum absolute atomic E-state index is 12.2. The van der Waals surface area contributed by atoms with Crippen molar-refractivity contribution in [3.8, 4) is 0 Å². The highest BCUT2D eigenvalue weighted by Gasteiger charge is 2.22. The number of hydrogen-bond donors (Lipinski definition) is 3. The SMILES string of the molecule is Nc1nc(N2CCNCC2)sc1C(=O)NCC1CCCO1. The van der Waals surface area contributed by atoms with Gasteiger partial charge < -0.3 is 26.0 Å². The standard InChI is InChI=1S/C13H21N5O2S/c14-11-10(12(19)16-8-9-2-1-7-20-9)21-13(17-11)18-5-3-15-4-6-18/h9,15H,1-8,14H2,(H,16,19). The summed E-state index contributed by atoms with van der Waals surface area (Å²) in [5, 5.41) is 7.01. The summed E-state index contributed by atoms with van der Waals surface area (Å²) in [6.45, 7) is 4.98. The van der Waals surface area contributed by atoms with Gasteiger partial charge in [-0.25, -0.2) is 4.98 Å². The molecule has 0 saturated carbocycles. The van der Waals surface area contributed by atoms with E-state index in [1.807, 2.05) is 0 Å². The minimum Gasteiger partial charge on any atom is -0.382 e. The molecule has 0 bridgehead atoms. The lowest BCUT2D eigenvalue weighted by molar-refractivity contribution is 0.0861. The Bertz CT molecular complexity index is 495. The molecule has 0 spiro atoms. The molecule has 1 atom stereocenters. The molecule has 1 amide bonds. The summed E-state index contributed by atoms with van der Waals surface area (Å²) in [5.41, 5.74) is 5.90. The number of rotatable bonds is 4. The van der Waals surface area contributed by atoms with Crippen molar-refractivity contribution in [2.24, 2.45) is 0 Å². The fraction of sp³-hybridized carbons (Fsp3) is 0.692. The van der Waals surface area contributed by atoms with Gasteiger partial charge in [0.25, 0.3) is 5.91 Å². The zero-order chi connectivity index (χ0) is 14.7. The Balaban J connectivity index is 1.61. The predicted molar refractivity (Wildman–Crippen MR) is 82.9 cm³/mol. The van der Waals surface area contributed by atoms with Crippen LogP contribution >= 0.6 is 11.3 Å². The molecular formula is C13H21N5O2S. The van der Waals surface area contributed by atoms with Crippen molar-refractivity contribution >= 4 is 28.2 Å². The number of nitrogens with zero attached hydrogens (tertiary/aromatic N) is 2. The number of carbonyl (C=O) groups is 1. The van der Waals surface area contributed by atoms with Crippen molar-refractivity contribution in [3.63, 3.8) is 0 Å². The van der Waals surface area contributed by atoms with E-state index >= 15 is 0 Å². The summed E-state index contributed by atoms with van der Waals surface area (Å²) < 4.78 is 5.50. The molecule has 3 rings (SSSR count). The summed E-state index contributed by atoms with van der Waals surface area (Å²) >= 11 is 1.37. The van der Waals surface area contributed by atoms with Crippen LogP contribution in [0.25, 0.3) is 0 Å². The lowest BCUT2D eigenvalue weighted by Gasteiger charge is -2.26. The van der Waals surface area contributed by atoms with Crippen molar-refractivity contribution in [1.82, 2.24) is 15.6 Å². The molecule has 0 radical (unpaired) electrons. The van der Waals surface area contributed by atoms with E-state index in [9.17, 15) is 4.79 Å². The lowest BCUT2D eigenvalue weighted by Crippen LogP contribution is -2.43. The number of amides is 1. The van der Waals surface area contributed by atoms with Gasteiger partial charge in [-0.15, -0.1) is 0 Å². The van der Waals surface area contributed by atoms with Crippen LogP contribution in [-0.2, 0) is 4.74 Å². The van der Waals surface area contributed by atoms with E-state index in [4.69, 9.17) is 10.5 Å². The number of nitrogens with one attached hydrogen (secondary N) is 2. The van der Waals surface area contributed by atoms with Crippen LogP contribution in [0.3, 0.4) is 0 Å². The van der Waals surface area contributed by atoms with Crippen LogP contribution in [0.2, 0.25) is 0 Å². The van der Waals surface area contributed by atoms with E-state index in [1.54, 1.807) is 0 Å². The maximum atomic E-state index is 12.2. The largest absolute Gasteiger partial charge is 0.382 e. The average Bonchev–Trinajstić information content (AvgIpc) is 3.15. The van der Waals surface area contributed by atoms with Gasteiger partial charge in [-0.3, -0.25) is 4.79 Å². The van der Waals surface area contributed by atoms with E-state index in [0.29, 0.717) is 17.2 Å². The fourth-order valence-electron chi connectivity index (χ4n) is 2.57. The zero-order valence-corrected chi connectivity index (χ0v) is 12.7. The fourth-order valence-corrected chi connectivity index (χ4v) is 3.52. The zero-order valence-electron chi connectivity index (χ0n) is 11.9. The molecule has 116 valence electrons. The number of anilines is 2. The highest BCUT2D eigenvalue weighted by atomic mass is 32.1. The van der Waals surface area contributed by atoms with Crippen molar-refractivity contribution in [3.05, 3.63) is 4.88 Å². The van der Waals surface area contributed by atoms with Gasteiger partial charge in [-0.05, 0) is 12.8 Å². The van der Waals surface area contributed by atoms with Crippen LogP contribution in [0.4, 0.5) is 10.9 Å². The number of piperazine rings is 1. The Morgan fingerprint density at radius 2 is 2.33 bits per heavy atom. The maximum Gasteiger partial charge on any atom is 0.265 e. The highest BCUT2D eigenvalue weighted by Crippen LogP contribution is 2.28. The van der Waals surface area contributed by atoms with Crippen LogP contribution in [0.5, 0.6) is 0 Å². The van der Waals surface area contributed by atoms with Gasteiger partial charge in [0, 0.05) is 39.3 Å². The van der Waals surface area contributed by atoms with Crippen LogP contribution in [-0.4, -0.2) is 56.3 Å². The smallest absolute Gasteiger partial charge is 0.265 e. The van der Waals surface area contributed by atoms with Crippen LogP contribution in [0.1, 0.15) is 22.5 Å². The van der Waals surface area contributed by atoms with E-state index < -0.39 is 0 Å². The number of thiazole rings is 1. The van der Waals surface area contributed by atoms with E-state index in [2.05, 4.69) is 20.5 Å². The number of aromatic nitrogens is 1. The molecular weight excluding hydrogens is 290 g/mol. The van der Waals surface area contributed by atoms with E-state index in [-0.39, 0.29) is 12.0 Å². The first-order valence-corrected chi connectivity index (χ1v) is 8.17. The van der Waals surface area contributed by atoms with Crippen LogP contribution in [0.15, 0.2) is 0 Å². The molecule has 7 nitrogen and oxygen atoms in total. The van der Waals surface area contributed by atoms with Crippen molar-refractivity contribution in [1.29, 1.82) is 0 Å². The highest BCUT2D eigenvalue weighted by molar-refractivity contribution is 7.18. The third-order valence-corrected chi connectivity index (χ3v) is 4.88. The molecule has 2 aliphatic rings. The number of ether oxygens (including phenoxy) is 1. The Morgan fingerprint density at radius 3 is 3.05 bits per heavy atom. The molecule has 0 aliphatic carbocycles. The minimum atomic E-state index is -0.151. The predicted octanol–water partition coefficient (Wildman–Crippen LogP) is 0.0437. The molecule has 2 saturated heterocycles. The molecule has 2 fully saturated rings. The Morgan fingerprint density at radius 1 is 1.52 bits per heavy atom. The quantitative estimate of drug-likeness (QED) is 0.727.